The number of carbonyl (C=O) groups excluding carboxylic acids is 1. The fourth-order valence-electron chi connectivity index (χ4n) is 4.19. The van der Waals surface area contributed by atoms with Gasteiger partial charge in [0.15, 0.2) is 5.58 Å². The molecule has 7 nitrogen and oxygen atoms in total. The highest BCUT2D eigenvalue weighted by molar-refractivity contribution is 7.91. The highest BCUT2D eigenvalue weighted by Crippen LogP contribution is 2.31. The molecule has 2 aromatic heterocycles. The van der Waals surface area contributed by atoms with Gasteiger partial charge in [-0.15, -0.1) is 0 Å². The second-order valence-corrected chi connectivity index (χ2v) is 9.26. The molecule has 144 valence electrons. The standard InChI is InChI=1S/C20H19N3O4S/c24-20(23-16-8-12-6-7-15(16)22-12)17-9-14-18(10-21-17)27-11-19(14)28(25,26)13-4-2-1-3-5-13/h1-5,9-12,15-16,22H,6-8H2,(H,23,24)/t12-,15+,16-/m1/s1. The van der Waals surface area contributed by atoms with Gasteiger partial charge in [0.2, 0.25) is 9.84 Å². The van der Waals surface area contributed by atoms with Crippen LogP contribution in [0.4, 0.5) is 0 Å². The predicted octanol–water partition coefficient (Wildman–Crippen LogP) is 2.28. The number of hydrogen-bond donors (Lipinski definition) is 2. The second kappa shape index (κ2) is 6.42. The van der Waals surface area contributed by atoms with Crippen molar-refractivity contribution in [3.8, 4) is 0 Å². The van der Waals surface area contributed by atoms with Crippen molar-refractivity contribution in [3.63, 3.8) is 0 Å². The van der Waals surface area contributed by atoms with Gasteiger partial charge in [-0.3, -0.25) is 4.79 Å². The zero-order valence-corrected chi connectivity index (χ0v) is 15.8. The third-order valence-electron chi connectivity index (χ3n) is 5.62. The quantitative estimate of drug-likeness (QED) is 0.700. The smallest absolute Gasteiger partial charge is 0.270 e. The molecule has 4 heterocycles. The first-order chi connectivity index (χ1) is 13.5. The SMILES string of the molecule is O=C(N[C@@H]1C[C@H]2CC[C@@H]1N2)c1cc2c(S(=O)(=O)c3ccccc3)coc2cn1. The molecule has 8 heteroatoms. The van der Waals surface area contributed by atoms with E-state index in [-0.39, 0.29) is 27.4 Å². The summed E-state index contributed by atoms with van der Waals surface area (Å²) in [7, 11) is -3.76. The minimum atomic E-state index is -3.76. The van der Waals surface area contributed by atoms with Crippen molar-refractivity contribution >= 4 is 26.7 Å². The molecule has 3 atom stereocenters. The van der Waals surface area contributed by atoms with Crippen molar-refractivity contribution in [2.45, 2.75) is 47.2 Å². The zero-order valence-electron chi connectivity index (χ0n) is 15.0. The maximum atomic E-state index is 13.0. The highest BCUT2D eigenvalue weighted by Gasteiger charge is 2.39. The topological polar surface area (TPSA) is 101 Å². The van der Waals surface area contributed by atoms with Crippen LogP contribution in [0.1, 0.15) is 29.8 Å². The Morgan fingerprint density at radius 1 is 1.21 bits per heavy atom. The summed E-state index contributed by atoms with van der Waals surface area (Å²) in [5.41, 5.74) is 0.508. The lowest BCUT2D eigenvalue weighted by atomic mass is 9.95. The number of rotatable bonds is 4. The maximum absolute atomic E-state index is 13.0. The Labute approximate surface area is 162 Å². The first kappa shape index (κ1) is 17.4. The average molecular weight is 397 g/mol. The molecule has 2 aliphatic heterocycles. The van der Waals surface area contributed by atoms with E-state index < -0.39 is 9.84 Å². The molecular weight excluding hydrogens is 378 g/mol. The molecule has 28 heavy (non-hydrogen) atoms. The Bertz CT molecular complexity index is 1160. The molecule has 1 aromatic carbocycles. The number of nitrogens with zero attached hydrogens (tertiary/aromatic N) is 1. The zero-order chi connectivity index (χ0) is 19.3. The fourth-order valence-corrected chi connectivity index (χ4v) is 5.59. The molecule has 0 spiro atoms. The number of amides is 1. The molecule has 0 radical (unpaired) electrons. The van der Waals surface area contributed by atoms with Gasteiger partial charge in [-0.05, 0) is 37.5 Å². The highest BCUT2D eigenvalue weighted by atomic mass is 32.2. The van der Waals surface area contributed by atoms with Crippen molar-refractivity contribution in [3.05, 3.63) is 54.6 Å². The second-order valence-electron chi connectivity index (χ2n) is 7.35. The van der Waals surface area contributed by atoms with Crippen LogP contribution in [-0.2, 0) is 9.84 Å². The largest absolute Gasteiger partial charge is 0.461 e. The van der Waals surface area contributed by atoms with Crippen LogP contribution in [0.25, 0.3) is 11.0 Å². The molecule has 3 aromatic rings. The summed E-state index contributed by atoms with van der Waals surface area (Å²) in [6.07, 6.45) is 5.72. The van der Waals surface area contributed by atoms with Crippen LogP contribution in [0, 0.1) is 0 Å². The Morgan fingerprint density at radius 3 is 2.75 bits per heavy atom. The van der Waals surface area contributed by atoms with Crippen LogP contribution >= 0.6 is 0 Å². The van der Waals surface area contributed by atoms with E-state index in [1.807, 2.05) is 0 Å². The van der Waals surface area contributed by atoms with Gasteiger partial charge >= 0.3 is 0 Å². The number of furan rings is 1. The van der Waals surface area contributed by atoms with Crippen LogP contribution < -0.4 is 10.6 Å². The van der Waals surface area contributed by atoms with Crippen molar-refractivity contribution in [2.24, 2.45) is 0 Å². The molecule has 2 fully saturated rings. The van der Waals surface area contributed by atoms with Gasteiger partial charge in [0.25, 0.3) is 5.91 Å². The van der Waals surface area contributed by atoms with Crippen LogP contribution in [0.15, 0.2) is 63.1 Å². The van der Waals surface area contributed by atoms with Crippen LogP contribution in [0.5, 0.6) is 0 Å². The number of benzene rings is 1. The molecule has 1 amide bonds. The Hall–Kier alpha value is -2.71. The lowest BCUT2D eigenvalue weighted by molar-refractivity contribution is 0.0926. The van der Waals surface area contributed by atoms with Crippen molar-refractivity contribution in [1.29, 1.82) is 0 Å². The van der Waals surface area contributed by atoms with Gasteiger partial charge in [0, 0.05) is 23.5 Å². The Morgan fingerprint density at radius 2 is 2.04 bits per heavy atom. The fraction of sp³-hybridized carbons (Fsp3) is 0.300. The minimum Gasteiger partial charge on any atom is -0.461 e. The molecule has 2 bridgehead atoms. The van der Waals surface area contributed by atoms with Crippen LogP contribution in [-0.4, -0.2) is 37.4 Å². The first-order valence-corrected chi connectivity index (χ1v) is 10.7. The van der Waals surface area contributed by atoms with Crippen molar-refractivity contribution in [2.75, 3.05) is 0 Å². The van der Waals surface area contributed by atoms with Gasteiger partial charge in [-0.2, -0.15) is 0 Å². The van der Waals surface area contributed by atoms with Crippen LogP contribution in [0.2, 0.25) is 0 Å². The lowest BCUT2D eigenvalue weighted by Gasteiger charge is -2.21. The number of hydrogen-bond acceptors (Lipinski definition) is 6. The summed E-state index contributed by atoms with van der Waals surface area (Å²) in [4.78, 5) is 17.1. The van der Waals surface area contributed by atoms with E-state index >= 15 is 0 Å². The molecule has 0 saturated carbocycles. The van der Waals surface area contributed by atoms with Gasteiger partial charge in [0.05, 0.1) is 11.1 Å². The molecule has 5 rings (SSSR count). The number of nitrogens with one attached hydrogen (secondary N) is 2. The number of sulfone groups is 1. The van der Waals surface area contributed by atoms with Crippen LogP contribution in [0.3, 0.4) is 0 Å². The normalized spacial score (nSPS) is 23.9. The number of fused-ring (bicyclic) bond motifs is 3. The number of aromatic nitrogens is 1. The van der Waals surface area contributed by atoms with Gasteiger partial charge in [-0.1, -0.05) is 18.2 Å². The van der Waals surface area contributed by atoms with Gasteiger partial charge in [-0.25, -0.2) is 13.4 Å². The summed E-state index contributed by atoms with van der Waals surface area (Å²) in [5.74, 6) is -0.300. The third-order valence-corrected chi connectivity index (χ3v) is 7.41. The van der Waals surface area contributed by atoms with Crippen molar-refractivity contribution < 1.29 is 17.6 Å². The minimum absolute atomic E-state index is 0.0340. The van der Waals surface area contributed by atoms with E-state index in [1.165, 1.54) is 30.7 Å². The Kier molecular flexibility index (Phi) is 3.99. The molecule has 2 N–H and O–H groups in total. The number of carbonyl (C=O) groups is 1. The third kappa shape index (κ3) is 2.80. The number of pyridine rings is 1. The Balaban J connectivity index is 1.48. The summed E-state index contributed by atoms with van der Waals surface area (Å²) < 4.78 is 31.3. The molecule has 2 saturated heterocycles. The summed E-state index contributed by atoms with van der Waals surface area (Å²) in [6, 6.07) is 10.5. The monoisotopic (exact) mass is 397 g/mol. The van der Waals surface area contributed by atoms with E-state index in [9.17, 15) is 13.2 Å². The van der Waals surface area contributed by atoms with E-state index in [2.05, 4.69) is 15.6 Å². The molecular formula is C20H19N3O4S. The molecule has 2 aliphatic rings. The summed E-state index contributed by atoms with van der Waals surface area (Å²) in [5, 5.41) is 6.86. The van der Waals surface area contributed by atoms with Gasteiger partial charge in [0.1, 0.15) is 16.9 Å². The van der Waals surface area contributed by atoms with E-state index in [4.69, 9.17) is 4.42 Å². The van der Waals surface area contributed by atoms with E-state index in [0.29, 0.717) is 23.1 Å². The van der Waals surface area contributed by atoms with E-state index in [0.717, 1.165) is 19.3 Å². The average Bonchev–Trinajstić information content (AvgIpc) is 3.43. The summed E-state index contributed by atoms with van der Waals surface area (Å²) >= 11 is 0. The summed E-state index contributed by atoms with van der Waals surface area (Å²) in [6.45, 7) is 0. The molecule has 0 unspecified atom stereocenters. The predicted molar refractivity (Wildman–Crippen MR) is 102 cm³/mol. The maximum Gasteiger partial charge on any atom is 0.270 e. The van der Waals surface area contributed by atoms with Gasteiger partial charge < -0.3 is 15.1 Å². The first-order valence-electron chi connectivity index (χ1n) is 9.27. The lowest BCUT2D eigenvalue weighted by Crippen LogP contribution is -2.43. The molecule has 0 aliphatic carbocycles. The van der Waals surface area contributed by atoms with Crippen molar-refractivity contribution in [1.82, 2.24) is 15.6 Å². The van der Waals surface area contributed by atoms with E-state index in [1.54, 1.807) is 18.2 Å².